The maximum absolute atomic E-state index is 9.93. The van der Waals surface area contributed by atoms with E-state index in [1.54, 1.807) is 12.1 Å². The first-order valence-corrected chi connectivity index (χ1v) is 5.64. The number of aromatic hydroxyl groups is 1. The summed E-state index contributed by atoms with van der Waals surface area (Å²) >= 11 is 0. The number of nitrogens with zero attached hydrogens (tertiary/aromatic N) is 1. The van der Waals surface area contributed by atoms with E-state index in [-0.39, 0.29) is 12.2 Å². The van der Waals surface area contributed by atoms with Gasteiger partial charge in [0.25, 0.3) is 0 Å². The smallest absolute Gasteiger partial charge is 0.119 e. The van der Waals surface area contributed by atoms with Crippen molar-refractivity contribution in [2.45, 2.75) is 32.4 Å². The van der Waals surface area contributed by atoms with Gasteiger partial charge in [-0.3, -0.25) is 0 Å². The fourth-order valence-electron chi connectivity index (χ4n) is 1.50. The van der Waals surface area contributed by atoms with Crippen molar-refractivity contribution < 1.29 is 10.2 Å². The Bertz CT molecular complexity index is 410. The fraction of sp³-hybridized carbons (Fsp3) is 0.462. The molecule has 0 spiro atoms. The summed E-state index contributed by atoms with van der Waals surface area (Å²) in [6.07, 6.45) is -0.486. The molecule has 0 aromatic heterocycles. The number of phenolic OH excluding ortho intramolecular Hbond substituents is 1. The molecule has 0 fully saturated rings. The third kappa shape index (κ3) is 4.06. The van der Waals surface area contributed by atoms with Crippen LogP contribution in [0.4, 0.5) is 0 Å². The van der Waals surface area contributed by atoms with E-state index in [0.29, 0.717) is 23.7 Å². The molecule has 3 N–H and O–H groups in total. The lowest BCUT2D eigenvalue weighted by Crippen LogP contribution is -2.27. The topological polar surface area (TPSA) is 76.3 Å². The van der Waals surface area contributed by atoms with Crippen LogP contribution in [0.3, 0.4) is 0 Å². The zero-order valence-electron chi connectivity index (χ0n) is 10.1. The second-order valence-corrected chi connectivity index (χ2v) is 4.30. The van der Waals surface area contributed by atoms with Crippen LogP contribution in [0.25, 0.3) is 0 Å². The number of nitriles is 1. The minimum atomic E-state index is -0.629. The predicted molar refractivity (Wildman–Crippen MR) is 65.5 cm³/mol. The van der Waals surface area contributed by atoms with Crippen LogP contribution in [0.1, 0.15) is 31.1 Å². The highest BCUT2D eigenvalue weighted by atomic mass is 16.3. The van der Waals surface area contributed by atoms with Crippen LogP contribution in [0.2, 0.25) is 0 Å². The lowest BCUT2D eigenvalue weighted by Gasteiger charge is -2.15. The van der Waals surface area contributed by atoms with Crippen LogP contribution in [-0.2, 0) is 6.42 Å². The Morgan fingerprint density at radius 1 is 1.41 bits per heavy atom. The molecule has 0 aliphatic carbocycles. The summed E-state index contributed by atoms with van der Waals surface area (Å²) in [7, 11) is 0. The van der Waals surface area contributed by atoms with Crippen LogP contribution in [0, 0.1) is 11.3 Å². The van der Waals surface area contributed by atoms with Crippen molar-refractivity contribution in [3.63, 3.8) is 0 Å². The molecular weight excluding hydrogens is 216 g/mol. The lowest BCUT2D eigenvalue weighted by atomic mass is 10.0. The molecule has 4 nitrogen and oxygen atoms in total. The van der Waals surface area contributed by atoms with Gasteiger partial charge in [-0.1, -0.05) is 19.9 Å². The van der Waals surface area contributed by atoms with Gasteiger partial charge in [-0.05, 0) is 17.7 Å². The molecule has 0 bridgehead atoms. The van der Waals surface area contributed by atoms with E-state index in [2.05, 4.69) is 5.32 Å². The number of nitrogens with one attached hydrogen (secondary N) is 1. The van der Waals surface area contributed by atoms with E-state index < -0.39 is 6.10 Å². The molecule has 0 amide bonds. The molecule has 17 heavy (non-hydrogen) atoms. The van der Waals surface area contributed by atoms with Gasteiger partial charge in [0.2, 0.25) is 0 Å². The average molecular weight is 234 g/mol. The Hall–Kier alpha value is -1.57. The highest BCUT2D eigenvalue weighted by molar-refractivity contribution is 5.38. The van der Waals surface area contributed by atoms with Crippen LogP contribution in [-0.4, -0.2) is 22.8 Å². The minimum Gasteiger partial charge on any atom is -0.508 e. The zero-order valence-corrected chi connectivity index (χ0v) is 10.1. The van der Waals surface area contributed by atoms with Crippen LogP contribution in [0.5, 0.6) is 5.75 Å². The van der Waals surface area contributed by atoms with E-state index in [4.69, 9.17) is 5.26 Å². The zero-order chi connectivity index (χ0) is 12.8. The number of aliphatic hydroxyl groups excluding tert-OH is 1. The maximum Gasteiger partial charge on any atom is 0.119 e. The molecule has 0 aliphatic rings. The van der Waals surface area contributed by atoms with Crippen molar-refractivity contribution in [2.75, 3.05) is 6.54 Å². The van der Waals surface area contributed by atoms with Crippen LogP contribution in [0.15, 0.2) is 18.2 Å². The molecule has 1 aromatic rings. The van der Waals surface area contributed by atoms with Crippen molar-refractivity contribution in [3.05, 3.63) is 29.3 Å². The van der Waals surface area contributed by atoms with Gasteiger partial charge in [0.05, 0.1) is 18.6 Å². The van der Waals surface area contributed by atoms with E-state index in [1.807, 2.05) is 19.9 Å². The molecule has 1 unspecified atom stereocenters. The van der Waals surface area contributed by atoms with Gasteiger partial charge in [-0.2, -0.15) is 5.26 Å². The van der Waals surface area contributed by atoms with Crippen molar-refractivity contribution >= 4 is 0 Å². The first kappa shape index (κ1) is 13.5. The Labute approximate surface area is 102 Å². The summed E-state index contributed by atoms with van der Waals surface area (Å²) in [6.45, 7) is 4.46. The van der Waals surface area contributed by atoms with Crippen molar-refractivity contribution in [1.29, 1.82) is 5.26 Å². The number of benzene rings is 1. The summed E-state index contributed by atoms with van der Waals surface area (Å²) < 4.78 is 0. The van der Waals surface area contributed by atoms with E-state index >= 15 is 0 Å². The van der Waals surface area contributed by atoms with Crippen molar-refractivity contribution in [3.8, 4) is 11.8 Å². The lowest BCUT2D eigenvalue weighted by molar-refractivity contribution is 0.171. The van der Waals surface area contributed by atoms with Crippen molar-refractivity contribution in [2.24, 2.45) is 0 Å². The number of rotatable bonds is 5. The average Bonchev–Trinajstić information content (AvgIpc) is 2.29. The largest absolute Gasteiger partial charge is 0.508 e. The summed E-state index contributed by atoms with van der Waals surface area (Å²) in [5.74, 6) is 0.0966. The summed E-state index contributed by atoms with van der Waals surface area (Å²) in [4.78, 5) is 0. The van der Waals surface area contributed by atoms with Gasteiger partial charge in [0, 0.05) is 18.2 Å². The quantitative estimate of drug-likeness (QED) is 0.721. The minimum absolute atomic E-state index is 0.0966. The summed E-state index contributed by atoms with van der Waals surface area (Å²) in [5, 5.41) is 31.2. The van der Waals surface area contributed by atoms with Crippen LogP contribution < -0.4 is 5.32 Å². The normalized spacial score (nSPS) is 12.4. The molecule has 1 aromatic carbocycles. The molecule has 4 heteroatoms. The fourth-order valence-corrected chi connectivity index (χ4v) is 1.50. The molecule has 0 saturated carbocycles. The highest BCUT2D eigenvalue weighted by Crippen LogP contribution is 2.22. The van der Waals surface area contributed by atoms with Gasteiger partial charge in [-0.15, -0.1) is 0 Å². The molecule has 1 rings (SSSR count). The third-order valence-electron chi connectivity index (χ3n) is 2.48. The van der Waals surface area contributed by atoms with Crippen molar-refractivity contribution in [1.82, 2.24) is 5.32 Å². The summed E-state index contributed by atoms with van der Waals surface area (Å²) in [6, 6.07) is 7.15. The highest BCUT2D eigenvalue weighted by Gasteiger charge is 2.10. The molecular formula is C13H18N2O2. The van der Waals surface area contributed by atoms with E-state index in [0.717, 1.165) is 0 Å². The Morgan fingerprint density at radius 2 is 2.12 bits per heavy atom. The Morgan fingerprint density at radius 3 is 2.71 bits per heavy atom. The molecule has 0 aliphatic heterocycles. The van der Waals surface area contributed by atoms with Gasteiger partial charge < -0.3 is 15.5 Å². The Balaban J connectivity index is 2.77. The SMILES string of the molecule is CC(C)NCC(O)c1ccc(O)c(CC#N)c1. The number of phenols is 1. The molecule has 92 valence electrons. The molecule has 0 heterocycles. The second-order valence-electron chi connectivity index (χ2n) is 4.30. The first-order valence-electron chi connectivity index (χ1n) is 5.64. The van der Waals surface area contributed by atoms with Crippen LogP contribution >= 0.6 is 0 Å². The van der Waals surface area contributed by atoms with Gasteiger partial charge in [-0.25, -0.2) is 0 Å². The predicted octanol–water partition coefficient (Wildman–Crippen LogP) is 1.49. The van der Waals surface area contributed by atoms with Gasteiger partial charge >= 0.3 is 0 Å². The number of hydrogen-bond acceptors (Lipinski definition) is 4. The third-order valence-corrected chi connectivity index (χ3v) is 2.48. The Kier molecular flexibility index (Phi) is 4.95. The van der Waals surface area contributed by atoms with Gasteiger partial charge in [0.1, 0.15) is 5.75 Å². The molecule has 1 atom stereocenters. The molecule has 0 saturated heterocycles. The number of aliphatic hydroxyl groups is 1. The number of hydrogen-bond donors (Lipinski definition) is 3. The van der Waals surface area contributed by atoms with E-state index in [1.165, 1.54) is 6.07 Å². The second kappa shape index (κ2) is 6.24. The summed E-state index contributed by atoms with van der Waals surface area (Å²) in [5.41, 5.74) is 1.26. The van der Waals surface area contributed by atoms with Gasteiger partial charge in [0.15, 0.2) is 0 Å². The first-order chi connectivity index (χ1) is 8.04. The maximum atomic E-state index is 9.93. The monoisotopic (exact) mass is 234 g/mol. The molecule has 0 radical (unpaired) electrons. The van der Waals surface area contributed by atoms with E-state index in [9.17, 15) is 10.2 Å². The standard InChI is InChI=1S/C13H18N2O2/c1-9(2)15-8-13(17)10-3-4-12(16)11(7-10)5-6-14/h3-4,7,9,13,15-17H,5,8H2,1-2H3.